The molecule has 5 heteroatoms. The largest absolute Gasteiger partial charge is 0.488 e. The fourth-order valence-electron chi connectivity index (χ4n) is 2.26. The summed E-state index contributed by atoms with van der Waals surface area (Å²) in [4.78, 5) is 11.5. The van der Waals surface area contributed by atoms with Gasteiger partial charge in [0.1, 0.15) is 12.4 Å². The van der Waals surface area contributed by atoms with Crippen LogP contribution in [0.3, 0.4) is 0 Å². The van der Waals surface area contributed by atoms with Crippen molar-refractivity contribution in [2.75, 3.05) is 0 Å². The van der Waals surface area contributed by atoms with E-state index in [2.05, 4.69) is 12.1 Å². The zero-order chi connectivity index (χ0) is 14.7. The minimum Gasteiger partial charge on any atom is -0.488 e. The Bertz CT molecular complexity index is 609. The first-order valence-electron chi connectivity index (χ1n) is 6.31. The average molecular weight is 274 g/mol. The maximum Gasteiger partial charge on any atom is 0.301 e. The average Bonchev–Trinajstić information content (AvgIpc) is 2.85. The molecule has 0 saturated heterocycles. The number of nitrogen functional groups attached to an aromatic ring is 1. The van der Waals surface area contributed by atoms with Gasteiger partial charge in [0.25, 0.3) is 0 Å². The first-order valence-corrected chi connectivity index (χ1v) is 6.31. The van der Waals surface area contributed by atoms with Gasteiger partial charge in [-0.3, -0.25) is 10.2 Å². The van der Waals surface area contributed by atoms with Crippen LogP contribution in [0.5, 0.6) is 5.75 Å². The number of aryl methyl sites for hydroxylation is 3. The minimum atomic E-state index is -0.467. The Hall–Kier alpha value is -2.27. The van der Waals surface area contributed by atoms with Gasteiger partial charge in [0.05, 0.1) is 6.26 Å². The van der Waals surface area contributed by atoms with E-state index in [-0.39, 0.29) is 12.4 Å². The molecule has 0 unspecified atom stereocenters. The Balaban J connectivity index is 2.18. The molecule has 106 valence electrons. The number of furan rings is 1. The minimum absolute atomic E-state index is 0.176. The third-order valence-electron chi connectivity index (χ3n) is 3.06. The van der Waals surface area contributed by atoms with Gasteiger partial charge in [0.15, 0.2) is 5.76 Å². The monoisotopic (exact) mass is 274 g/mol. The van der Waals surface area contributed by atoms with Gasteiger partial charge in [-0.25, -0.2) is 5.84 Å². The van der Waals surface area contributed by atoms with E-state index in [1.807, 2.05) is 26.2 Å². The third-order valence-corrected chi connectivity index (χ3v) is 3.06. The molecule has 20 heavy (non-hydrogen) atoms. The van der Waals surface area contributed by atoms with Gasteiger partial charge in [0, 0.05) is 5.56 Å². The molecule has 0 saturated carbocycles. The Labute approximate surface area is 117 Å². The van der Waals surface area contributed by atoms with Gasteiger partial charge < -0.3 is 9.15 Å². The normalized spacial score (nSPS) is 10.4. The van der Waals surface area contributed by atoms with Crippen molar-refractivity contribution in [2.24, 2.45) is 5.84 Å². The lowest BCUT2D eigenvalue weighted by atomic mass is 10.1. The molecule has 3 N–H and O–H groups in total. The predicted octanol–water partition coefficient (Wildman–Crippen LogP) is 2.39. The van der Waals surface area contributed by atoms with Crippen molar-refractivity contribution in [1.82, 2.24) is 5.43 Å². The highest BCUT2D eigenvalue weighted by Gasteiger charge is 2.15. The van der Waals surface area contributed by atoms with Crippen LogP contribution in [0.25, 0.3) is 0 Å². The number of carbonyl (C=O) groups is 1. The number of rotatable bonds is 4. The van der Waals surface area contributed by atoms with Crippen LogP contribution in [0.1, 0.15) is 32.8 Å². The first-order chi connectivity index (χ1) is 9.52. The number of carbonyl (C=O) groups excluding carboxylic acids is 1. The smallest absolute Gasteiger partial charge is 0.301 e. The van der Waals surface area contributed by atoms with Crippen LogP contribution in [0, 0.1) is 20.8 Å². The number of ether oxygens (including phenoxy) is 1. The van der Waals surface area contributed by atoms with Crippen LogP contribution >= 0.6 is 0 Å². The molecule has 0 atom stereocenters. The molecule has 0 spiro atoms. The number of nitrogens with one attached hydrogen (secondary N) is 1. The van der Waals surface area contributed by atoms with Crippen molar-refractivity contribution >= 4 is 5.91 Å². The number of benzene rings is 1. The van der Waals surface area contributed by atoms with Gasteiger partial charge in [0.2, 0.25) is 0 Å². The molecule has 1 aromatic carbocycles. The fourth-order valence-corrected chi connectivity index (χ4v) is 2.26. The molecule has 0 fully saturated rings. The molecule has 1 aromatic heterocycles. The van der Waals surface area contributed by atoms with Gasteiger partial charge >= 0.3 is 5.91 Å². The molecule has 1 heterocycles. The summed E-state index contributed by atoms with van der Waals surface area (Å²) in [5, 5.41) is 0. The quantitative estimate of drug-likeness (QED) is 0.510. The summed E-state index contributed by atoms with van der Waals surface area (Å²) in [7, 11) is 0. The lowest BCUT2D eigenvalue weighted by Gasteiger charge is -2.13. The summed E-state index contributed by atoms with van der Waals surface area (Å²) < 4.78 is 10.9. The molecular formula is C15H18N2O3. The van der Waals surface area contributed by atoms with E-state index in [1.54, 1.807) is 6.07 Å². The van der Waals surface area contributed by atoms with Crippen LogP contribution in [0.15, 0.2) is 28.9 Å². The highest BCUT2D eigenvalue weighted by atomic mass is 16.5. The Morgan fingerprint density at radius 3 is 2.55 bits per heavy atom. The molecule has 0 radical (unpaired) electrons. The molecule has 5 nitrogen and oxygen atoms in total. The number of hydrogen-bond donors (Lipinski definition) is 2. The number of nitrogens with two attached hydrogens (primary N) is 1. The van der Waals surface area contributed by atoms with Crippen LogP contribution in [0.2, 0.25) is 0 Å². The van der Waals surface area contributed by atoms with Crippen LogP contribution < -0.4 is 16.0 Å². The van der Waals surface area contributed by atoms with Crippen molar-refractivity contribution in [3.63, 3.8) is 0 Å². The summed E-state index contributed by atoms with van der Waals surface area (Å²) in [6.07, 6.45) is 1.44. The second-order valence-electron chi connectivity index (χ2n) is 4.76. The fraction of sp³-hybridized carbons (Fsp3) is 0.267. The topological polar surface area (TPSA) is 77.5 Å². The third kappa shape index (κ3) is 2.83. The zero-order valence-corrected chi connectivity index (χ0v) is 11.8. The number of hydrazine groups is 1. The van der Waals surface area contributed by atoms with Gasteiger partial charge in [-0.2, -0.15) is 0 Å². The molecule has 0 aliphatic heterocycles. The van der Waals surface area contributed by atoms with E-state index in [4.69, 9.17) is 15.0 Å². The van der Waals surface area contributed by atoms with Crippen molar-refractivity contribution in [3.8, 4) is 5.75 Å². The van der Waals surface area contributed by atoms with Gasteiger partial charge in [-0.15, -0.1) is 0 Å². The zero-order valence-electron chi connectivity index (χ0n) is 11.8. The van der Waals surface area contributed by atoms with Crippen LogP contribution in [-0.4, -0.2) is 5.91 Å². The molecule has 1 amide bonds. The van der Waals surface area contributed by atoms with E-state index in [1.165, 1.54) is 11.8 Å². The summed E-state index contributed by atoms with van der Waals surface area (Å²) in [6, 6.07) is 5.82. The summed E-state index contributed by atoms with van der Waals surface area (Å²) in [5.41, 5.74) is 6.03. The summed E-state index contributed by atoms with van der Waals surface area (Å²) >= 11 is 0. The van der Waals surface area contributed by atoms with Crippen molar-refractivity contribution in [1.29, 1.82) is 0 Å². The SMILES string of the molecule is Cc1cc(C)c(OCc2ccoc2C(=O)NN)c(C)c1. The second kappa shape index (κ2) is 5.79. The first kappa shape index (κ1) is 14.1. The van der Waals surface area contributed by atoms with E-state index in [9.17, 15) is 4.79 Å². The number of amides is 1. The van der Waals surface area contributed by atoms with E-state index in [0.717, 1.165) is 16.9 Å². The van der Waals surface area contributed by atoms with E-state index >= 15 is 0 Å². The standard InChI is InChI=1S/C15H18N2O3/c1-9-6-10(2)13(11(3)7-9)20-8-12-4-5-19-14(12)15(18)17-16/h4-7H,8,16H2,1-3H3,(H,17,18). The maximum absolute atomic E-state index is 11.5. The Morgan fingerprint density at radius 1 is 1.30 bits per heavy atom. The van der Waals surface area contributed by atoms with E-state index < -0.39 is 5.91 Å². The van der Waals surface area contributed by atoms with Crippen molar-refractivity contribution < 1.29 is 13.9 Å². The Morgan fingerprint density at radius 2 is 1.95 bits per heavy atom. The second-order valence-corrected chi connectivity index (χ2v) is 4.76. The number of hydrogen-bond acceptors (Lipinski definition) is 4. The van der Waals surface area contributed by atoms with Crippen molar-refractivity contribution in [2.45, 2.75) is 27.4 Å². The van der Waals surface area contributed by atoms with Gasteiger partial charge in [-0.1, -0.05) is 17.7 Å². The molecule has 0 bridgehead atoms. The summed E-state index contributed by atoms with van der Waals surface area (Å²) in [5.74, 6) is 5.64. The molecular weight excluding hydrogens is 256 g/mol. The predicted molar refractivity (Wildman–Crippen MR) is 75.3 cm³/mol. The lowest BCUT2D eigenvalue weighted by Crippen LogP contribution is -2.30. The van der Waals surface area contributed by atoms with E-state index in [0.29, 0.717) is 5.56 Å². The van der Waals surface area contributed by atoms with Crippen molar-refractivity contribution in [3.05, 3.63) is 52.5 Å². The van der Waals surface area contributed by atoms with Crippen LogP contribution in [-0.2, 0) is 6.61 Å². The lowest BCUT2D eigenvalue weighted by molar-refractivity contribution is 0.0922. The Kier molecular flexibility index (Phi) is 4.10. The van der Waals surface area contributed by atoms with Crippen LogP contribution in [0.4, 0.5) is 0 Å². The molecule has 0 aliphatic rings. The maximum atomic E-state index is 11.5. The molecule has 2 rings (SSSR count). The van der Waals surface area contributed by atoms with Gasteiger partial charge in [-0.05, 0) is 38.0 Å². The molecule has 2 aromatic rings. The highest BCUT2D eigenvalue weighted by Crippen LogP contribution is 2.26. The summed E-state index contributed by atoms with van der Waals surface area (Å²) in [6.45, 7) is 6.30. The molecule has 0 aliphatic carbocycles. The highest BCUT2D eigenvalue weighted by molar-refractivity contribution is 5.92.